The van der Waals surface area contributed by atoms with Crippen molar-refractivity contribution in [3.8, 4) is 0 Å². The van der Waals surface area contributed by atoms with E-state index in [2.05, 4.69) is 5.32 Å². The molecule has 0 spiro atoms. The van der Waals surface area contributed by atoms with Gasteiger partial charge in [-0.2, -0.15) is 0 Å². The van der Waals surface area contributed by atoms with Crippen LogP contribution in [0.3, 0.4) is 0 Å². The summed E-state index contributed by atoms with van der Waals surface area (Å²) in [7, 11) is 1.33. The molecule has 28 heavy (non-hydrogen) atoms. The summed E-state index contributed by atoms with van der Waals surface area (Å²) >= 11 is 0. The second-order valence-corrected chi connectivity index (χ2v) is 7.56. The van der Waals surface area contributed by atoms with E-state index in [0.717, 1.165) is 5.56 Å². The molecule has 152 valence electrons. The summed E-state index contributed by atoms with van der Waals surface area (Å²) in [6.07, 6.45) is 5.10. The van der Waals surface area contributed by atoms with Gasteiger partial charge in [0, 0.05) is 25.1 Å². The lowest BCUT2D eigenvalue weighted by atomic mass is 9.94. The van der Waals surface area contributed by atoms with E-state index in [1.54, 1.807) is 17.1 Å². The SMILES string of the molecule is COC(=O)[C@@H](CC(C)C)NC(=O)C1CCN(C(=O)/C=C/c2ccccc2)CC1. The third kappa shape index (κ3) is 6.51. The number of likely N-dealkylation sites (tertiary alicyclic amines) is 1. The summed E-state index contributed by atoms with van der Waals surface area (Å²) in [4.78, 5) is 38.6. The molecule has 6 heteroatoms. The van der Waals surface area contributed by atoms with Crippen LogP contribution in [0.4, 0.5) is 0 Å². The first-order valence-corrected chi connectivity index (χ1v) is 9.81. The molecule has 1 aromatic carbocycles. The van der Waals surface area contributed by atoms with Crippen molar-refractivity contribution in [2.75, 3.05) is 20.2 Å². The fourth-order valence-corrected chi connectivity index (χ4v) is 3.32. The second kappa shape index (κ2) is 10.6. The summed E-state index contributed by atoms with van der Waals surface area (Å²) in [5, 5.41) is 2.83. The van der Waals surface area contributed by atoms with E-state index in [0.29, 0.717) is 32.4 Å². The lowest BCUT2D eigenvalue weighted by Gasteiger charge is -2.31. The Hall–Kier alpha value is -2.63. The zero-order chi connectivity index (χ0) is 20.5. The molecule has 1 atom stereocenters. The van der Waals surface area contributed by atoms with Gasteiger partial charge in [-0.15, -0.1) is 0 Å². The molecule has 1 aromatic rings. The third-order valence-electron chi connectivity index (χ3n) is 4.90. The largest absolute Gasteiger partial charge is 0.467 e. The minimum atomic E-state index is -0.619. The number of ether oxygens (including phenoxy) is 1. The molecule has 6 nitrogen and oxygen atoms in total. The van der Waals surface area contributed by atoms with Crippen molar-refractivity contribution in [3.63, 3.8) is 0 Å². The van der Waals surface area contributed by atoms with Crippen LogP contribution in [-0.2, 0) is 19.1 Å². The number of esters is 1. The van der Waals surface area contributed by atoms with Crippen LogP contribution in [-0.4, -0.2) is 48.9 Å². The zero-order valence-corrected chi connectivity index (χ0v) is 16.9. The highest BCUT2D eigenvalue weighted by Crippen LogP contribution is 2.19. The first-order chi connectivity index (χ1) is 13.4. The van der Waals surface area contributed by atoms with Crippen molar-refractivity contribution in [1.82, 2.24) is 10.2 Å². The number of nitrogens with one attached hydrogen (secondary N) is 1. The monoisotopic (exact) mass is 386 g/mol. The Balaban J connectivity index is 1.84. The molecule has 1 heterocycles. The third-order valence-corrected chi connectivity index (χ3v) is 4.90. The number of hydrogen-bond donors (Lipinski definition) is 1. The van der Waals surface area contributed by atoms with Gasteiger partial charge >= 0.3 is 5.97 Å². The van der Waals surface area contributed by atoms with Crippen molar-refractivity contribution in [2.24, 2.45) is 11.8 Å². The van der Waals surface area contributed by atoms with E-state index < -0.39 is 12.0 Å². The molecular weight excluding hydrogens is 356 g/mol. The Morgan fingerprint density at radius 2 is 1.82 bits per heavy atom. The van der Waals surface area contributed by atoms with Crippen LogP contribution in [0.25, 0.3) is 6.08 Å². The fraction of sp³-hybridized carbons (Fsp3) is 0.500. The van der Waals surface area contributed by atoms with Crippen LogP contribution in [0.15, 0.2) is 36.4 Å². The first kappa shape index (κ1) is 21.7. The molecule has 1 aliphatic rings. The summed E-state index contributed by atoms with van der Waals surface area (Å²) < 4.78 is 4.80. The average Bonchev–Trinajstić information content (AvgIpc) is 2.71. The Morgan fingerprint density at radius 1 is 1.18 bits per heavy atom. The summed E-state index contributed by atoms with van der Waals surface area (Å²) in [5.74, 6) is -0.527. The van der Waals surface area contributed by atoms with Crippen LogP contribution < -0.4 is 5.32 Å². The highest BCUT2D eigenvalue weighted by Gasteiger charge is 2.30. The molecular formula is C22H30N2O4. The molecule has 0 saturated carbocycles. The molecule has 0 aromatic heterocycles. The van der Waals surface area contributed by atoms with Crippen LogP contribution >= 0.6 is 0 Å². The van der Waals surface area contributed by atoms with Crippen molar-refractivity contribution < 1.29 is 19.1 Å². The Morgan fingerprint density at radius 3 is 2.39 bits per heavy atom. The summed E-state index contributed by atoms with van der Waals surface area (Å²) in [5.41, 5.74) is 0.976. The van der Waals surface area contributed by atoms with Crippen LogP contribution in [0.5, 0.6) is 0 Å². The number of benzene rings is 1. The number of nitrogens with zero attached hydrogens (tertiary/aromatic N) is 1. The smallest absolute Gasteiger partial charge is 0.328 e. The van der Waals surface area contributed by atoms with Crippen molar-refractivity contribution in [2.45, 2.75) is 39.2 Å². The Labute approximate surface area is 166 Å². The average molecular weight is 386 g/mol. The fourth-order valence-electron chi connectivity index (χ4n) is 3.32. The molecule has 0 bridgehead atoms. The molecule has 0 radical (unpaired) electrons. The highest BCUT2D eigenvalue weighted by molar-refractivity contribution is 5.92. The number of piperidine rings is 1. The van der Waals surface area contributed by atoms with E-state index in [9.17, 15) is 14.4 Å². The van der Waals surface area contributed by atoms with Crippen molar-refractivity contribution in [1.29, 1.82) is 0 Å². The van der Waals surface area contributed by atoms with Gasteiger partial charge in [-0.1, -0.05) is 44.2 Å². The van der Waals surface area contributed by atoms with Crippen LogP contribution in [0.1, 0.15) is 38.7 Å². The maximum absolute atomic E-state index is 12.6. The van der Waals surface area contributed by atoms with E-state index in [-0.39, 0.29) is 23.7 Å². The van der Waals surface area contributed by atoms with E-state index >= 15 is 0 Å². The standard InChI is InChI=1S/C22H30N2O4/c1-16(2)15-19(22(27)28-3)23-21(26)18-11-13-24(14-12-18)20(25)10-9-17-7-5-4-6-8-17/h4-10,16,18-19H,11-15H2,1-3H3,(H,23,26)/b10-9+/t19-/m1/s1. The number of carbonyl (C=O) groups excluding carboxylic acids is 3. The van der Waals surface area contributed by atoms with Gasteiger partial charge in [0.25, 0.3) is 0 Å². The second-order valence-electron chi connectivity index (χ2n) is 7.56. The summed E-state index contributed by atoms with van der Waals surface area (Å²) in [6, 6.07) is 9.04. The quantitative estimate of drug-likeness (QED) is 0.577. The zero-order valence-electron chi connectivity index (χ0n) is 16.9. The normalized spacial score (nSPS) is 16.2. The maximum Gasteiger partial charge on any atom is 0.328 e. The lowest BCUT2D eigenvalue weighted by molar-refractivity contribution is -0.146. The number of amides is 2. The number of methoxy groups -OCH3 is 1. The van der Waals surface area contributed by atoms with Gasteiger partial charge in [0.1, 0.15) is 6.04 Å². The van der Waals surface area contributed by atoms with E-state index in [1.165, 1.54) is 7.11 Å². The van der Waals surface area contributed by atoms with Gasteiger partial charge in [0.15, 0.2) is 0 Å². The number of rotatable bonds is 7. The molecule has 0 aliphatic carbocycles. The van der Waals surface area contributed by atoms with Gasteiger partial charge in [-0.3, -0.25) is 9.59 Å². The van der Waals surface area contributed by atoms with Crippen LogP contribution in [0.2, 0.25) is 0 Å². The van der Waals surface area contributed by atoms with Gasteiger partial charge in [-0.05, 0) is 36.8 Å². The summed E-state index contributed by atoms with van der Waals surface area (Å²) in [6.45, 7) is 5.05. The predicted octanol–water partition coefficient (Wildman–Crippen LogP) is 2.64. The minimum Gasteiger partial charge on any atom is -0.467 e. The molecule has 2 amide bonds. The van der Waals surface area contributed by atoms with Crippen LogP contribution in [0, 0.1) is 11.8 Å². The lowest BCUT2D eigenvalue weighted by Crippen LogP contribution is -2.48. The van der Waals surface area contributed by atoms with Gasteiger partial charge in [0.2, 0.25) is 11.8 Å². The predicted molar refractivity (Wildman–Crippen MR) is 108 cm³/mol. The number of carbonyl (C=O) groups is 3. The highest BCUT2D eigenvalue weighted by atomic mass is 16.5. The Bertz CT molecular complexity index is 692. The topological polar surface area (TPSA) is 75.7 Å². The molecule has 2 rings (SSSR count). The van der Waals surface area contributed by atoms with Gasteiger partial charge < -0.3 is 15.0 Å². The molecule has 1 N–H and O–H groups in total. The number of hydrogen-bond acceptors (Lipinski definition) is 4. The van der Waals surface area contributed by atoms with E-state index in [4.69, 9.17) is 4.74 Å². The molecule has 1 aliphatic heterocycles. The Kier molecular flexibility index (Phi) is 8.23. The molecule has 1 saturated heterocycles. The van der Waals surface area contributed by atoms with E-state index in [1.807, 2.05) is 44.2 Å². The van der Waals surface area contributed by atoms with Gasteiger partial charge in [-0.25, -0.2) is 4.79 Å². The molecule has 0 unspecified atom stereocenters. The van der Waals surface area contributed by atoms with Gasteiger partial charge in [0.05, 0.1) is 7.11 Å². The van der Waals surface area contributed by atoms with Crippen molar-refractivity contribution in [3.05, 3.63) is 42.0 Å². The first-order valence-electron chi connectivity index (χ1n) is 9.81. The van der Waals surface area contributed by atoms with Crippen molar-refractivity contribution >= 4 is 23.9 Å². The molecule has 1 fully saturated rings. The minimum absolute atomic E-state index is 0.0463. The maximum atomic E-state index is 12.6.